The van der Waals surface area contributed by atoms with E-state index in [4.69, 9.17) is 0 Å². The van der Waals surface area contributed by atoms with E-state index in [1.165, 1.54) is 29.5 Å². The number of nitrogens with one attached hydrogen (secondary N) is 1. The van der Waals surface area contributed by atoms with Crippen LogP contribution in [0, 0.1) is 24.0 Å². The van der Waals surface area contributed by atoms with Crippen LogP contribution in [0.5, 0.6) is 0 Å². The van der Waals surface area contributed by atoms with Crippen LogP contribution >= 0.6 is 11.3 Å². The van der Waals surface area contributed by atoms with E-state index in [2.05, 4.69) is 10.3 Å². The van der Waals surface area contributed by atoms with Crippen LogP contribution in [0.3, 0.4) is 0 Å². The first-order valence-electron chi connectivity index (χ1n) is 9.17. The predicted octanol–water partition coefficient (Wildman–Crippen LogP) is 3.46. The summed E-state index contributed by atoms with van der Waals surface area (Å²) < 4.78 is 0. The topological polar surface area (TPSA) is 123 Å². The summed E-state index contributed by atoms with van der Waals surface area (Å²) in [6.45, 7) is 3.99. The Hall–Kier alpha value is -3.14. The first kappa shape index (κ1) is 20.6. The second kappa shape index (κ2) is 8.48. The van der Waals surface area contributed by atoms with E-state index in [1.807, 2.05) is 13.8 Å². The summed E-state index contributed by atoms with van der Waals surface area (Å²) in [4.78, 5) is 53.7. The van der Waals surface area contributed by atoms with Crippen molar-refractivity contribution in [3.05, 3.63) is 50.0 Å². The molecule has 0 bridgehead atoms. The van der Waals surface area contributed by atoms with Crippen molar-refractivity contribution >= 4 is 39.9 Å². The maximum atomic E-state index is 12.5. The summed E-state index contributed by atoms with van der Waals surface area (Å²) >= 11 is 1.43. The smallest absolute Gasteiger partial charge is 0.282 e. The lowest BCUT2D eigenvalue weighted by Crippen LogP contribution is -2.30. The Balaban J connectivity index is 1.47. The number of nitro benzene ring substituents is 1. The number of benzene rings is 1. The number of aryl methyl sites for hydroxylation is 2. The van der Waals surface area contributed by atoms with Gasteiger partial charge in [0.25, 0.3) is 17.5 Å². The van der Waals surface area contributed by atoms with Crippen LogP contribution in [0.25, 0.3) is 0 Å². The van der Waals surface area contributed by atoms with Crippen LogP contribution in [0.1, 0.15) is 57.0 Å². The van der Waals surface area contributed by atoms with Gasteiger partial charge < -0.3 is 5.32 Å². The van der Waals surface area contributed by atoms with Gasteiger partial charge in [0.05, 0.1) is 16.2 Å². The highest BCUT2D eigenvalue weighted by molar-refractivity contribution is 7.15. The van der Waals surface area contributed by atoms with E-state index in [9.17, 15) is 24.5 Å². The number of nitrogens with zero attached hydrogens (tertiary/aromatic N) is 3. The third-order valence-electron chi connectivity index (χ3n) is 4.73. The molecule has 3 rings (SSSR count). The van der Waals surface area contributed by atoms with Gasteiger partial charge in [-0.05, 0) is 32.8 Å². The zero-order valence-electron chi connectivity index (χ0n) is 16.1. The molecular weight excluding hydrogens is 396 g/mol. The molecule has 0 fully saturated rings. The highest BCUT2D eigenvalue weighted by atomic mass is 32.1. The molecule has 0 aliphatic carbocycles. The van der Waals surface area contributed by atoms with Gasteiger partial charge in [0.15, 0.2) is 5.13 Å². The fourth-order valence-electron chi connectivity index (χ4n) is 3.11. The van der Waals surface area contributed by atoms with E-state index < -0.39 is 16.7 Å². The Morgan fingerprint density at radius 1 is 1.21 bits per heavy atom. The fourth-order valence-corrected chi connectivity index (χ4v) is 3.94. The molecule has 2 heterocycles. The standard InChI is InChI=1S/C19H20N4O5S/c1-11-12(2)29-19(20-11)21-15(24)9-4-3-5-10-22-17(25)13-7-6-8-14(23(27)28)16(13)18(22)26/h6-8H,3-5,9-10H2,1-2H3,(H,20,21,24). The van der Waals surface area contributed by atoms with E-state index in [0.29, 0.717) is 30.8 Å². The van der Waals surface area contributed by atoms with E-state index in [1.54, 1.807) is 0 Å². The molecule has 1 aromatic carbocycles. The minimum atomic E-state index is -0.655. The number of fused-ring (bicyclic) bond motifs is 1. The van der Waals surface area contributed by atoms with Crippen molar-refractivity contribution in [1.29, 1.82) is 0 Å². The molecule has 1 N–H and O–H groups in total. The number of hydrogen-bond acceptors (Lipinski definition) is 7. The van der Waals surface area contributed by atoms with Gasteiger partial charge in [-0.3, -0.25) is 29.4 Å². The van der Waals surface area contributed by atoms with E-state index >= 15 is 0 Å². The maximum Gasteiger partial charge on any atom is 0.282 e. The average molecular weight is 416 g/mol. The molecule has 0 saturated heterocycles. The van der Waals surface area contributed by atoms with Gasteiger partial charge in [-0.25, -0.2) is 4.98 Å². The minimum Gasteiger partial charge on any atom is -0.302 e. The normalized spacial score (nSPS) is 13.0. The number of carbonyl (C=O) groups excluding carboxylic acids is 3. The van der Waals surface area contributed by atoms with E-state index in [-0.39, 0.29) is 29.3 Å². The van der Waals surface area contributed by atoms with Crippen LogP contribution in [-0.4, -0.2) is 39.1 Å². The average Bonchev–Trinajstić information content (AvgIpc) is 3.11. The molecule has 1 aliphatic heterocycles. The first-order chi connectivity index (χ1) is 13.8. The van der Waals surface area contributed by atoms with Crippen LogP contribution in [0.2, 0.25) is 0 Å². The largest absolute Gasteiger partial charge is 0.302 e. The van der Waals surface area contributed by atoms with Crippen LogP contribution in [-0.2, 0) is 4.79 Å². The zero-order chi connectivity index (χ0) is 21.1. The van der Waals surface area contributed by atoms with Gasteiger partial charge in [-0.15, -0.1) is 11.3 Å². The number of rotatable bonds is 8. The Kier molecular flexibility index (Phi) is 6.02. The number of imide groups is 1. The van der Waals surface area contributed by atoms with Crippen molar-refractivity contribution in [2.45, 2.75) is 39.5 Å². The third-order valence-corrected chi connectivity index (χ3v) is 5.72. The molecule has 0 atom stereocenters. The highest BCUT2D eigenvalue weighted by Gasteiger charge is 2.40. The van der Waals surface area contributed by atoms with Crippen molar-refractivity contribution in [1.82, 2.24) is 9.88 Å². The van der Waals surface area contributed by atoms with Gasteiger partial charge in [-0.1, -0.05) is 12.5 Å². The second-order valence-electron chi connectivity index (χ2n) is 6.74. The molecule has 152 valence electrons. The SMILES string of the molecule is Cc1nc(NC(=O)CCCCCN2C(=O)c3cccc([N+](=O)[O-])c3C2=O)sc1C. The minimum absolute atomic E-state index is 0.0672. The second-order valence-corrected chi connectivity index (χ2v) is 7.94. The molecule has 1 aromatic heterocycles. The van der Waals surface area contributed by atoms with Crippen molar-refractivity contribution < 1.29 is 19.3 Å². The van der Waals surface area contributed by atoms with Gasteiger partial charge in [0, 0.05) is 23.9 Å². The summed E-state index contributed by atoms with van der Waals surface area (Å²) in [6.07, 6.45) is 2.06. The molecule has 9 nitrogen and oxygen atoms in total. The predicted molar refractivity (Wildman–Crippen MR) is 107 cm³/mol. The summed E-state index contributed by atoms with van der Waals surface area (Å²) in [7, 11) is 0. The fraction of sp³-hybridized carbons (Fsp3) is 0.368. The van der Waals surface area contributed by atoms with Crippen molar-refractivity contribution in [3.8, 4) is 0 Å². The number of thiazole rings is 1. The molecule has 29 heavy (non-hydrogen) atoms. The number of hydrogen-bond donors (Lipinski definition) is 1. The molecular formula is C19H20N4O5S. The number of carbonyl (C=O) groups is 3. The molecule has 3 amide bonds. The van der Waals surface area contributed by atoms with E-state index in [0.717, 1.165) is 15.5 Å². The lowest BCUT2D eigenvalue weighted by atomic mass is 10.1. The third kappa shape index (κ3) is 4.32. The molecule has 0 unspecified atom stereocenters. The Bertz CT molecular complexity index is 981. The summed E-state index contributed by atoms with van der Waals surface area (Å²) in [5.41, 5.74) is 0.465. The van der Waals surface area contributed by atoms with Crippen LogP contribution in [0.4, 0.5) is 10.8 Å². The van der Waals surface area contributed by atoms with Crippen molar-refractivity contribution in [3.63, 3.8) is 0 Å². The Labute approximate surface area is 170 Å². The van der Waals surface area contributed by atoms with Crippen molar-refractivity contribution in [2.24, 2.45) is 0 Å². The monoisotopic (exact) mass is 416 g/mol. The number of anilines is 1. The molecule has 0 spiro atoms. The Morgan fingerprint density at radius 3 is 2.62 bits per heavy atom. The number of nitro groups is 1. The summed E-state index contributed by atoms with van der Waals surface area (Å²) in [6, 6.07) is 4.04. The lowest BCUT2D eigenvalue weighted by Gasteiger charge is -2.13. The summed E-state index contributed by atoms with van der Waals surface area (Å²) in [5, 5.41) is 14.5. The number of unbranched alkanes of at least 4 members (excludes halogenated alkanes) is 2. The Morgan fingerprint density at radius 2 is 1.97 bits per heavy atom. The molecule has 2 aromatic rings. The van der Waals surface area contributed by atoms with Gasteiger partial charge in [-0.2, -0.15) is 0 Å². The van der Waals surface area contributed by atoms with Crippen molar-refractivity contribution in [2.75, 3.05) is 11.9 Å². The maximum absolute atomic E-state index is 12.5. The molecule has 0 radical (unpaired) electrons. The first-order valence-corrected chi connectivity index (χ1v) is 9.98. The van der Waals surface area contributed by atoms with Gasteiger partial charge >= 0.3 is 0 Å². The molecule has 1 aliphatic rings. The number of amides is 3. The quantitative estimate of drug-likeness (QED) is 0.304. The van der Waals surface area contributed by atoms with Crippen LogP contribution in [0.15, 0.2) is 18.2 Å². The van der Waals surface area contributed by atoms with Gasteiger partial charge in [0.2, 0.25) is 5.91 Å². The summed E-state index contributed by atoms with van der Waals surface area (Å²) in [5.74, 6) is -1.28. The van der Waals surface area contributed by atoms with Crippen LogP contribution < -0.4 is 5.32 Å². The molecule has 10 heteroatoms. The zero-order valence-corrected chi connectivity index (χ0v) is 16.9. The lowest BCUT2D eigenvalue weighted by molar-refractivity contribution is -0.385. The molecule has 0 saturated carbocycles. The highest BCUT2D eigenvalue weighted by Crippen LogP contribution is 2.30. The number of aromatic nitrogens is 1. The van der Waals surface area contributed by atoms with Gasteiger partial charge in [0.1, 0.15) is 5.56 Å².